The molecular formula is C27H49N5O15. The van der Waals surface area contributed by atoms with E-state index in [2.05, 4.69) is 5.32 Å². The average Bonchev–Trinajstić information content (AvgIpc) is 3.33. The zero-order valence-electron chi connectivity index (χ0n) is 25.6. The van der Waals surface area contributed by atoms with Crippen molar-refractivity contribution in [1.82, 2.24) is 5.32 Å². The Morgan fingerprint density at radius 3 is 2.02 bits per heavy atom. The number of ether oxygens (including phenoxy) is 6. The largest absolute Gasteiger partial charge is 0.394 e. The van der Waals surface area contributed by atoms with Crippen LogP contribution in [0.5, 0.6) is 0 Å². The molecule has 0 spiro atoms. The number of nitrogens with one attached hydrogen (secondary N) is 1. The van der Waals surface area contributed by atoms with Crippen LogP contribution in [0.1, 0.15) is 25.7 Å². The zero-order chi connectivity index (χ0) is 34.4. The molecule has 272 valence electrons. The fourth-order valence-corrected chi connectivity index (χ4v) is 6.57. The molecule has 5 fully saturated rings. The lowest BCUT2D eigenvalue weighted by Gasteiger charge is -2.48. The van der Waals surface area contributed by atoms with Crippen molar-refractivity contribution >= 4 is 5.91 Å². The summed E-state index contributed by atoms with van der Waals surface area (Å²) < 4.78 is 34.7. The van der Waals surface area contributed by atoms with Gasteiger partial charge in [-0.25, -0.2) is 0 Å². The minimum atomic E-state index is -1.66. The van der Waals surface area contributed by atoms with E-state index in [1.54, 1.807) is 0 Å². The summed E-state index contributed by atoms with van der Waals surface area (Å²) in [5, 5.41) is 86.7. The standard InChI is InChI=1S/C27H49N5O15/c28-5-11-17(37)18(38)14(31)24(43-11)45-20-8(29)4-9(32-26(40)27(41)2-1-3-27)15(35)22(20)47-25-19(39)21(12(6-33)44-25)46-23-13(30)16(36)10(34)7-42-23/h8-25,33-39,41H,1-7,28-31H2,(H,32,40). The van der Waals surface area contributed by atoms with Crippen molar-refractivity contribution in [1.29, 1.82) is 0 Å². The molecule has 20 heteroatoms. The maximum Gasteiger partial charge on any atom is 0.252 e. The van der Waals surface area contributed by atoms with Crippen molar-refractivity contribution in [3.63, 3.8) is 0 Å². The number of carbonyl (C=O) groups is 1. The molecule has 18 unspecified atom stereocenters. The highest BCUT2D eigenvalue weighted by Gasteiger charge is 2.55. The molecule has 5 rings (SSSR count). The Hall–Kier alpha value is -1.25. The number of aliphatic hydroxyl groups is 8. The van der Waals surface area contributed by atoms with E-state index < -0.39 is 128 Å². The first-order chi connectivity index (χ1) is 22.2. The lowest BCUT2D eigenvalue weighted by molar-refractivity contribution is -0.307. The maximum atomic E-state index is 12.9. The quantitative estimate of drug-likeness (QED) is 0.102. The van der Waals surface area contributed by atoms with Gasteiger partial charge in [-0.05, 0) is 25.7 Å². The smallest absolute Gasteiger partial charge is 0.252 e. The van der Waals surface area contributed by atoms with Crippen LogP contribution in [0.4, 0.5) is 0 Å². The summed E-state index contributed by atoms with van der Waals surface area (Å²) in [7, 11) is 0. The van der Waals surface area contributed by atoms with E-state index in [0.717, 1.165) is 0 Å². The van der Waals surface area contributed by atoms with E-state index in [9.17, 15) is 45.6 Å². The van der Waals surface area contributed by atoms with Gasteiger partial charge in [-0.3, -0.25) is 4.79 Å². The molecular weight excluding hydrogens is 634 g/mol. The number of carbonyl (C=O) groups excluding carboxylic acids is 1. The van der Waals surface area contributed by atoms with Crippen LogP contribution in [-0.4, -0.2) is 182 Å². The van der Waals surface area contributed by atoms with Crippen molar-refractivity contribution in [3.05, 3.63) is 0 Å². The van der Waals surface area contributed by atoms with Crippen molar-refractivity contribution in [2.45, 2.75) is 141 Å². The highest BCUT2D eigenvalue weighted by atomic mass is 16.8. The van der Waals surface area contributed by atoms with Crippen LogP contribution in [-0.2, 0) is 33.2 Å². The third-order valence-corrected chi connectivity index (χ3v) is 9.80. The Kier molecular flexibility index (Phi) is 11.8. The average molecular weight is 684 g/mol. The third kappa shape index (κ3) is 7.31. The Balaban J connectivity index is 1.36. The first-order valence-corrected chi connectivity index (χ1v) is 15.8. The topological polar surface area (TPSA) is 350 Å². The highest BCUT2D eigenvalue weighted by molar-refractivity contribution is 5.86. The number of amides is 1. The van der Waals surface area contributed by atoms with Crippen molar-refractivity contribution in [3.8, 4) is 0 Å². The highest BCUT2D eigenvalue weighted by Crippen LogP contribution is 2.36. The van der Waals surface area contributed by atoms with Gasteiger partial charge in [-0.15, -0.1) is 0 Å². The monoisotopic (exact) mass is 683 g/mol. The number of nitrogens with two attached hydrogens (primary N) is 4. The lowest BCUT2D eigenvalue weighted by Crippen LogP contribution is -2.69. The van der Waals surface area contributed by atoms with E-state index in [4.69, 9.17) is 51.4 Å². The number of aliphatic hydroxyl groups excluding tert-OH is 7. The number of rotatable bonds is 10. The zero-order valence-corrected chi connectivity index (χ0v) is 25.6. The van der Waals surface area contributed by atoms with Crippen LogP contribution >= 0.6 is 0 Å². The molecule has 47 heavy (non-hydrogen) atoms. The predicted octanol–water partition coefficient (Wildman–Crippen LogP) is -8.15. The van der Waals surface area contributed by atoms with Gasteiger partial charge in [0.25, 0.3) is 5.91 Å². The van der Waals surface area contributed by atoms with Gasteiger partial charge in [0.05, 0.1) is 31.3 Å². The minimum absolute atomic E-state index is 0.0782. The molecule has 17 N–H and O–H groups in total. The van der Waals surface area contributed by atoms with Gasteiger partial charge >= 0.3 is 0 Å². The summed E-state index contributed by atoms with van der Waals surface area (Å²) in [5.74, 6) is -0.708. The molecule has 20 nitrogen and oxygen atoms in total. The fraction of sp³-hybridized carbons (Fsp3) is 0.963. The number of hydrogen-bond acceptors (Lipinski definition) is 19. The first-order valence-electron chi connectivity index (χ1n) is 15.8. The Morgan fingerprint density at radius 2 is 1.40 bits per heavy atom. The van der Waals surface area contributed by atoms with Gasteiger partial charge in [0, 0.05) is 12.6 Å². The molecule has 3 aliphatic heterocycles. The summed E-state index contributed by atoms with van der Waals surface area (Å²) in [5.41, 5.74) is 22.6. The molecule has 0 aromatic carbocycles. The second-order valence-electron chi connectivity index (χ2n) is 13.0. The summed E-state index contributed by atoms with van der Waals surface area (Å²) in [6, 6.07) is -4.59. The van der Waals surface area contributed by atoms with Gasteiger partial charge in [-0.1, -0.05) is 0 Å². The van der Waals surface area contributed by atoms with Crippen LogP contribution in [0, 0.1) is 0 Å². The van der Waals surface area contributed by atoms with Crippen LogP contribution in [0.3, 0.4) is 0 Å². The van der Waals surface area contributed by atoms with E-state index in [-0.39, 0.29) is 32.4 Å². The summed E-state index contributed by atoms with van der Waals surface area (Å²) in [4.78, 5) is 12.9. The lowest BCUT2D eigenvalue weighted by atomic mass is 9.78. The van der Waals surface area contributed by atoms with E-state index in [1.165, 1.54) is 0 Å². The Morgan fingerprint density at radius 1 is 0.787 bits per heavy atom. The van der Waals surface area contributed by atoms with E-state index in [0.29, 0.717) is 6.42 Å². The molecule has 3 heterocycles. The maximum absolute atomic E-state index is 12.9. The first kappa shape index (κ1) is 37.0. The normalized spacial score (nSPS) is 50.1. The van der Waals surface area contributed by atoms with Crippen molar-refractivity contribution in [2.75, 3.05) is 19.8 Å². The van der Waals surface area contributed by atoms with Crippen LogP contribution < -0.4 is 28.3 Å². The summed E-state index contributed by atoms with van der Waals surface area (Å²) >= 11 is 0. The molecule has 18 atom stereocenters. The fourth-order valence-electron chi connectivity index (χ4n) is 6.57. The predicted molar refractivity (Wildman–Crippen MR) is 153 cm³/mol. The summed E-state index contributed by atoms with van der Waals surface area (Å²) in [6.07, 6.45) is -18.5. The van der Waals surface area contributed by atoms with Gasteiger partial charge in [0.15, 0.2) is 18.9 Å². The van der Waals surface area contributed by atoms with E-state index in [1.807, 2.05) is 0 Å². The molecule has 0 bridgehead atoms. The van der Waals surface area contributed by atoms with Gasteiger partial charge in [0.1, 0.15) is 72.7 Å². The van der Waals surface area contributed by atoms with Gasteiger partial charge in [-0.2, -0.15) is 0 Å². The molecule has 3 saturated heterocycles. The number of hydrogen-bond donors (Lipinski definition) is 13. The third-order valence-electron chi connectivity index (χ3n) is 9.80. The molecule has 2 aliphatic carbocycles. The molecule has 5 aliphatic rings. The van der Waals surface area contributed by atoms with Crippen LogP contribution in [0.15, 0.2) is 0 Å². The Labute approximate surface area is 269 Å². The molecule has 0 aromatic rings. The summed E-state index contributed by atoms with van der Waals surface area (Å²) in [6.45, 7) is -1.19. The molecule has 2 saturated carbocycles. The minimum Gasteiger partial charge on any atom is -0.394 e. The van der Waals surface area contributed by atoms with Crippen LogP contribution in [0.2, 0.25) is 0 Å². The van der Waals surface area contributed by atoms with Gasteiger partial charge < -0.3 is 97.5 Å². The second-order valence-corrected chi connectivity index (χ2v) is 13.0. The molecule has 0 radical (unpaired) electrons. The SMILES string of the molecule is NCC1OC(OC2C(N)CC(NC(=O)C3(O)CCC3)C(O)C2OC2OC(CO)C(OC3OCC(O)C(O)C3N)C2O)C(N)C(O)C1O. The van der Waals surface area contributed by atoms with Crippen molar-refractivity contribution < 1.29 is 74.1 Å². The van der Waals surface area contributed by atoms with Crippen molar-refractivity contribution in [2.24, 2.45) is 22.9 Å². The molecule has 0 aromatic heterocycles. The Bertz CT molecular complexity index is 1060. The van der Waals surface area contributed by atoms with Gasteiger partial charge in [0.2, 0.25) is 0 Å². The van der Waals surface area contributed by atoms with Crippen LogP contribution in [0.25, 0.3) is 0 Å². The van der Waals surface area contributed by atoms with E-state index >= 15 is 0 Å². The molecule has 1 amide bonds. The second kappa shape index (κ2) is 14.9.